The lowest BCUT2D eigenvalue weighted by molar-refractivity contribution is -0.629. The predicted octanol–water partition coefficient (Wildman–Crippen LogP) is 1.04. The first kappa shape index (κ1) is 51.7. The number of ether oxygens (including phenoxy) is 5. The highest BCUT2D eigenvalue weighted by molar-refractivity contribution is 7.45. The first-order chi connectivity index (χ1) is 27.0. The number of benzene rings is 2. The zero-order valence-electron chi connectivity index (χ0n) is 32.6. The fourth-order valence-electron chi connectivity index (χ4n) is 4.62. The maximum atomic E-state index is 12.4. The van der Waals surface area contributed by atoms with E-state index in [0.717, 1.165) is 16.7 Å². The van der Waals surface area contributed by atoms with Crippen LogP contribution in [0.15, 0.2) is 30.3 Å². The molecular weight excluding hydrogens is 795 g/mol. The third-order valence-electron chi connectivity index (χ3n) is 7.43. The molecule has 2 aromatic carbocycles. The summed E-state index contributed by atoms with van der Waals surface area (Å²) in [6, 6.07) is 7.82. The molecule has 0 saturated carbocycles. The number of guanidine groups is 2. The highest BCUT2D eigenvalue weighted by atomic mass is 31.2. The van der Waals surface area contributed by atoms with Crippen LogP contribution in [0.1, 0.15) is 42.4 Å². The topological polar surface area (TPSA) is 389 Å². The van der Waals surface area contributed by atoms with Crippen LogP contribution in [0, 0.1) is 38.0 Å². The van der Waals surface area contributed by atoms with E-state index in [9.17, 15) is 29.8 Å². The summed E-state index contributed by atoms with van der Waals surface area (Å²) in [5.74, 6) is -0.832. The van der Waals surface area contributed by atoms with Gasteiger partial charge >= 0.3 is 19.8 Å². The van der Waals surface area contributed by atoms with Crippen LogP contribution in [0.2, 0.25) is 0 Å². The highest BCUT2D eigenvalue weighted by Gasteiger charge is 2.23. The van der Waals surface area contributed by atoms with E-state index < -0.39 is 53.8 Å². The predicted molar refractivity (Wildman–Crippen MR) is 210 cm³/mol. The number of hydrogen-bond acceptors (Lipinski definition) is 16. The van der Waals surface area contributed by atoms with E-state index in [4.69, 9.17) is 66.2 Å². The van der Waals surface area contributed by atoms with Gasteiger partial charge < -0.3 is 60.9 Å². The molecule has 2 aromatic rings. The molecule has 0 aliphatic carbocycles. The Morgan fingerprint density at radius 3 is 1.67 bits per heavy atom. The minimum atomic E-state index is -4.64. The molecule has 12 N–H and O–H groups in total. The number of esters is 2. The van der Waals surface area contributed by atoms with Crippen molar-refractivity contribution in [2.45, 2.75) is 44.7 Å². The van der Waals surface area contributed by atoms with Gasteiger partial charge in [-0.25, -0.2) is 29.6 Å². The Morgan fingerprint density at radius 2 is 1.28 bits per heavy atom. The summed E-state index contributed by atoms with van der Waals surface area (Å²) in [6.45, 7) is 1.70. The quantitative estimate of drug-likeness (QED) is 0.0181. The van der Waals surface area contributed by atoms with Crippen molar-refractivity contribution < 1.29 is 62.6 Å². The van der Waals surface area contributed by atoms with Gasteiger partial charge in [0.2, 0.25) is 5.75 Å². The molecule has 2 unspecified atom stereocenters. The van der Waals surface area contributed by atoms with Crippen LogP contribution in [0.3, 0.4) is 0 Å². The number of nitrogens with two attached hydrogens (primary N) is 3. The fraction of sp³-hybridized carbons (Fsp3) is 0.438. The van der Waals surface area contributed by atoms with Gasteiger partial charge in [-0.1, -0.05) is 34.3 Å². The Hall–Kier alpha value is -6.27. The van der Waals surface area contributed by atoms with Crippen molar-refractivity contribution in [2.24, 2.45) is 17.2 Å². The molecule has 25 nitrogen and oxygen atoms in total. The summed E-state index contributed by atoms with van der Waals surface area (Å²) < 4.78 is 34.4. The molecule has 26 heteroatoms. The Balaban J connectivity index is 0.00000128. The Kier molecular flexibility index (Phi) is 23.0. The second-order valence-corrected chi connectivity index (χ2v) is 12.5. The molecule has 0 saturated heterocycles. The summed E-state index contributed by atoms with van der Waals surface area (Å²) in [5, 5.41) is 38.3. The smallest absolute Gasteiger partial charge is 0.466 e. The Bertz CT molecular complexity index is 1730. The van der Waals surface area contributed by atoms with Crippen molar-refractivity contribution in [3.8, 4) is 17.2 Å². The number of methoxy groups -OCH3 is 5. The maximum Gasteiger partial charge on any atom is 0.466 e. The molecule has 0 radical (unpaired) electrons. The van der Waals surface area contributed by atoms with Crippen LogP contribution >= 0.6 is 7.82 Å². The molecule has 0 aliphatic heterocycles. The van der Waals surface area contributed by atoms with Crippen LogP contribution in [0.5, 0.6) is 17.2 Å². The lowest BCUT2D eigenvalue weighted by Crippen LogP contribution is -2.42. The number of carbonyl (C=O) groups is 2. The molecule has 324 valence electrons. The van der Waals surface area contributed by atoms with Crippen molar-refractivity contribution in [2.75, 3.05) is 54.0 Å². The molecule has 0 heterocycles. The Labute approximate surface area is 333 Å². The van der Waals surface area contributed by atoms with Gasteiger partial charge in [0, 0.05) is 5.69 Å². The monoisotopic (exact) mass is 846 g/mol. The highest BCUT2D eigenvalue weighted by Crippen LogP contribution is 2.38. The maximum absolute atomic E-state index is 12.4. The van der Waals surface area contributed by atoms with E-state index in [0.29, 0.717) is 33.0 Å². The van der Waals surface area contributed by atoms with E-state index >= 15 is 0 Å². The molecule has 0 bridgehead atoms. The number of hydrazine groups is 2. The largest absolute Gasteiger partial charge is 0.493 e. The van der Waals surface area contributed by atoms with Gasteiger partial charge in [-0.15, -0.1) is 0 Å². The van der Waals surface area contributed by atoms with Crippen LogP contribution in [0.25, 0.3) is 12.2 Å². The molecule has 0 amide bonds. The zero-order chi connectivity index (χ0) is 44.7. The molecule has 58 heavy (non-hydrogen) atoms. The van der Waals surface area contributed by atoms with Gasteiger partial charge in [0.15, 0.2) is 21.6 Å². The van der Waals surface area contributed by atoms with Gasteiger partial charge in [0.25, 0.3) is 11.9 Å². The van der Waals surface area contributed by atoms with Crippen molar-refractivity contribution >= 4 is 49.5 Å². The van der Waals surface area contributed by atoms with Gasteiger partial charge in [-0.2, -0.15) is 0 Å². The first-order valence-corrected chi connectivity index (χ1v) is 18.2. The number of nitrogens with one attached hydrogen (secondary N) is 3. The fourth-order valence-corrected chi connectivity index (χ4v) is 4.62. The van der Waals surface area contributed by atoms with Crippen molar-refractivity contribution in [1.82, 2.24) is 10.0 Å². The lowest BCUT2D eigenvalue weighted by Gasteiger charge is -2.20. The summed E-state index contributed by atoms with van der Waals surface area (Å²) in [7, 11) is 2.49. The second kappa shape index (κ2) is 25.8. The molecule has 2 atom stereocenters. The van der Waals surface area contributed by atoms with Crippen molar-refractivity contribution in [1.29, 1.82) is 10.8 Å². The van der Waals surface area contributed by atoms with Gasteiger partial charge in [-0.3, -0.25) is 15.6 Å². The number of carbonyl (C=O) groups excluding carboxylic acids is 2. The van der Waals surface area contributed by atoms with Crippen LogP contribution in [0.4, 0.5) is 5.69 Å². The zero-order valence-corrected chi connectivity index (χ0v) is 33.5. The average molecular weight is 847 g/mol. The number of aryl methyl sites for hydroxylation is 1. The molecule has 0 aromatic heterocycles. The van der Waals surface area contributed by atoms with E-state index in [2.05, 4.69) is 10.1 Å². The molecule has 0 aliphatic rings. The normalized spacial score (nSPS) is 11.6. The second-order valence-electron chi connectivity index (χ2n) is 11.5. The summed E-state index contributed by atoms with van der Waals surface area (Å²) in [4.78, 5) is 66.3. The molecule has 0 spiro atoms. The van der Waals surface area contributed by atoms with Crippen molar-refractivity contribution in [3.63, 3.8) is 0 Å². The van der Waals surface area contributed by atoms with E-state index in [1.807, 2.05) is 49.4 Å². The lowest BCUT2D eigenvalue weighted by atomic mass is 10.1. The van der Waals surface area contributed by atoms with Crippen LogP contribution in [-0.4, -0.2) is 119 Å². The van der Waals surface area contributed by atoms with Crippen molar-refractivity contribution in [3.05, 3.63) is 67.3 Å². The molecular formula is C32H51N10O15P. The van der Waals surface area contributed by atoms with Gasteiger partial charge in [-0.05, 0) is 67.5 Å². The summed E-state index contributed by atoms with van der Waals surface area (Å²) >= 11 is 0. The van der Waals surface area contributed by atoms with E-state index in [-0.39, 0.29) is 38.8 Å². The third kappa shape index (κ3) is 19.5. The summed E-state index contributed by atoms with van der Waals surface area (Å²) in [6.07, 6.45) is 4.74. The average Bonchev–Trinajstić information content (AvgIpc) is 3.15. The molecule has 0 fully saturated rings. The number of hydrogen-bond donors (Lipinski definition) is 9. The molecule has 2 rings (SSSR count). The third-order valence-corrected chi connectivity index (χ3v) is 7.43. The van der Waals surface area contributed by atoms with Gasteiger partial charge in [0.05, 0.1) is 48.6 Å². The number of rotatable bonds is 19. The first-order valence-electron chi connectivity index (χ1n) is 16.6. The minimum absolute atomic E-state index is 0.0764. The SMILES string of the molecule is COC(=O)C(CCCN(C(=N)N)[N+](=O)[O-])Nc1cc(/C=C\c2cc(OC)c(OC)c(OC)c2)ccc1C.COC(=O)C(N)CCCN(C(=N)N)[N+](=O)[O-].O=P(O)(O)O. The van der Waals surface area contributed by atoms with Crippen LogP contribution < -0.4 is 36.7 Å². The van der Waals surface area contributed by atoms with E-state index in [1.54, 1.807) is 21.3 Å². The summed E-state index contributed by atoms with van der Waals surface area (Å²) in [5.41, 5.74) is 19.0. The van der Waals surface area contributed by atoms with E-state index in [1.165, 1.54) is 14.2 Å². The number of anilines is 1. The Morgan fingerprint density at radius 1 is 0.828 bits per heavy atom. The minimum Gasteiger partial charge on any atom is -0.493 e. The number of phosphoric acid groups is 1. The number of nitrogens with zero attached hydrogens (tertiary/aromatic N) is 4. The standard InChI is InChI=1S/C25H33N5O7.C7H15N5O4.H3O4P/c1-16-8-9-17(10-11-18-14-21(34-2)23(36-4)22(15-18)35-3)13-20(16)28-19(24(31)37-5)7-6-12-29(25(26)27)30(32)33;1-16-6(13)5(8)3-2-4-11(7(9)10)12(14)15;1-5(2,3)4/h8-11,13-15,19,28H,6-7,12H2,1-5H3,(H3,26,27);5H,2-4,8H2,1H3,(H3,9,10);(H3,1,2,3,4)/b11-10-;;. The van der Waals surface area contributed by atoms with Gasteiger partial charge in [0.1, 0.15) is 12.1 Å². The van der Waals surface area contributed by atoms with Crippen LogP contribution in [-0.2, 0) is 23.6 Å². The number of nitro groups is 2.